The molecule has 0 bridgehead atoms. The minimum absolute atomic E-state index is 0.702. The zero-order valence-electron chi connectivity index (χ0n) is 10.7. The zero-order valence-corrected chi connectivity index (χ0v) is 10.7. The molecular weight excluding hydrogens is 214 g/mol. The van der Waals surface area contributed by atoms with Crippen molar-refractivity contribution in [3.8, 4) is 11.6 Å². The van der Waals surface area contributed by atoms with E-state index in [1.807, 2.05) is 19.1 Å². The lowest BCUT2D eigenvalue weighted by molar-refractivity contribution is 0.394. The van der Waals surface area contributed by atoms with Crippen molar-refractivity contribution in [1.29, 1.82) is 0 Å². The van der Waals surface area contributed by atoms with Crippen LogP contribution in [0.5, 0.6) is 11.6 Å². The number of rotatable bonds is 3. The molecule has 0 aliphatic carbocycles. The van der Waals surface area contributed by atoms with Crippen molar-refractivity contribution in [3.63, 3.8) is 0 Å². The van der Waals surface area contributed by atoms with Gasteiger partial charge in [0.25, 0.3) is 0 Å². The second-order valence-corrected chi connectivity index (χ2v) is 4.04. The van der Waals surface area contributed by atoms with E-state index in [-0.39, 0.29) is 0 Å². The van der Waals surface area contributed by atoms with E-state index in [1.54, 1.807) is 14.2 Å². The van der Waals surface area contributed by atoms with Gasteiger partial charge in [0.2, 0.25) is 5.88 Å². The Morgan fingerprint density at radius 1 is 1.12 bits per heavy atom. The van der Waals surface area contributed by atoms with Gasteiger partial charge < -0.3 is 9.47 Å². The van der Waals surface area contributed by atoms with Crippen LogP contribution in [0, 0.1) is 6.92 Å². The van der Waals surface area contributed by atoms with E-state index in [1.165, 1.54) is 0 Å². The van der Waals surface area contributed by atoms with E-state index < -0.39 is 0 Å². The predicted octanol–water partition coefficient (Wildman–Crippen LogP) is 3.12. The fourth-order valence-corrected chi connectivity index (χ4v) is 2.00. The van der Waals surface area contributed by atoms with Crippen LogP contribution in [0.4, 0.5) is 0 Å². The summed E-state index contributed by atoms with van der Waals surface area (Å²) < 4.78 is 10.7. The smallest absolute Gasteiger partial charge is 0.216 e. The van der Waals surface area contributed by atoms with E-state index in [9.17, 15) is 0 Å². The van der Waals surface area contributed by atoms with Gasteiger partial charge in [0.05, 0.1) is 19.7 Å². The van der Waals surface area contributed by atoms with Gasteiger partial charge in [0.15, 0.2) is 0 Å². The quantitative estimate of drug-likeness (QED) is 0.813. The molecule has 3 nitrogen and oxygen atoms in total. The molecule has 3 heteroatoms. The monoisotopic (exact) mass is 231 g/mol. The maximum Gasteiger partial charge on any atom is 0.216 e. The van der Waals surface area contributed by atoms with Crippen molar-refractivity contribution in [2.75, 3.05) is 14.2 Å². The van der Waals surface area contributed by atoms with E-state index >= 15 is 0 Å². The maximum absolute atomic E-state index is 5.40. The highest BCUT2D eigenvalue weighted by Crippen LogP contribution is 2.30. The topological polar surface area (TPSA) is 31.4 Å². The molecule has 1 aromatic carbocycles. The van der Waals surface area contributed by atoms with Gasteiger partial charge in [-0.2, -0.15) is 0 Å². The lowest BCUT2D eigenvalue weighted by Gasteiger charge is -2.11. The Morgan fingerprint density at radius 3 is 2.47 bits per heavy atom. The Kier molecular flexibility index (Phi) is 3.18. The molecule has 0 unspecified atom stereocenters. The minimum atomic E-state index is 0.702. The highest BCUT2D eigenvalue weighted by atomic mass is 16.5. The van der Waals surface area contributed by atoms with Crippen LogP contribution < -0.4 is 9.47 Å². The van der Waals surface area contributed by atoms with Gasteiger partial charge in [-0.15, -0.1) is 0 Å². The summed E-state index contributed by atoms with van der Waals surface area (Å²) in [5, 5.41) is 1.04. The van der Waals surface area contributed by atoms with Gasteiger partial charge >= 0.3 is 0 Å². The van der Waals surface area contributed by atoms with Gasteiger partial charge in [-0.3, -0.25) is 0 Å². The maximum atomic E-state index is 5.40. The number of hydrogen-bond acceptors (Lipinski definition) is 3. The average molecular weight is 231 g/mol. The van der Waals surface area contributed by atoms with Crippen molar-refractivity contribution in [3.05, 3.63) is 29.3 Å². The number of nitrogens with zero attached hydrogens (tertiary/aromatic N) is 1. The molecule has 2 aromatic rings. The molecule has 0 aliphatic rings. The normalized spacial score (nSPS) is 10.6. The van der Waals surface area contributed by atoms with Crippen LogP contribution in [0.25, 0.3) is 10.9 Å². The minimum Gasteiger partial charge on any atom is -0.496 e. The Morgan fingerprint density at radius 2 is 1.88 bits per heavy atom. The third kappa shape index (κ3) is 2.05. The molecule has 1 heterocycles. The van der Waals surface area contributed by atoms with Crippen molar-refractivity contribution in [2.24, 2.45) is 0 Å². The molecule has 0 saturated heterocycles. The van der Waals surface area contributed by atoms with E-state index in [2.05, 4.69) is 18.0 Å². The van der Waals surface area contributed by atoms with Crippen molar-refractivity contribution in [2.45, 2.75) is 20.3 Å². The summed E-state index contributed by atoms with van der Waals surface area (Å²) in [4.78, 5) is 4.53. The van der Waals surface area contributed by atoms with E-state index in [0.29, 0.717) is 5.88 Å². The first-order valence-corrected chi connectivity index (χ1v) is 5.71. The summed E-state index contributed by atoms with van der Waals surface area (Å²) in [5.41, 5.74) is 3.14. The van der Waals surface area contributed by atoms with Crippen LogP contribution in [0.15, 0.2) is 18.2 Å². The van der Waals surface area contributed by atoms with E-state index in [4.69, 9.17) is 9.47 Å². The summed E-state index contributed by atoms with van der Waals surface area (Å²) in [5.74, 6) is 1.57. The largest absolute Gasteiger partial charge is 0.496 e. The Labute approximate surface area is 101 Å². The van der Waals surface area contributed by atoms with E-state index in [0.717, 1.165) is 34.2 Å². The molecule has 0 fully saturated rings. The molecule has 0 spiro atoms. The summed E-state index contributed by atoms with van der Waals surface area (Å²) in [6.45, 7) is 4.12. The zero-order chi connectivity index (χ0) is 12.4. The highest BCUT2D eigenvalue weighted by Gasteiger charge is 2.10. The molecule has 0 N–H and O–H groups in total. The summed E-state index contributed by atoms with van der Waals surface area (Å²) in [6, 6.07) is 6.16. The summed E-state index contributed by atoms with van der Waals surface area (Å²) in [6.07, 6.45) is 0.892. The van der Waals surface area contributed by atoms with Gasteiger partial charge in [0, 0.05) is 10.9 Å². The molecule has 2 rings (SSSR count). The molecule has 17 heavy (non-hydrogen) atoms. The molecule has 0 saturated carbocycles. The number of methoxy groups -OCH3 is 2. The second-order valence-electron chi connectivity index (χ2n) is 4.04. The van der Waals surface area contributed by atoms with Crippen LogP contribution in [-0.4, -0.2) is 19.2 Å². The Bertz CT molecular complexity index is 549. The van der Waals surface area contributed by atoms with Gasteiger partial charge in [-0.25, -0.2) is 4.98 Å². The first-order valence-electron chi connectivity index (χ1n) is 5.71. The third-order valence-corrected chi connectivity index (χ3v) is 2.87. The molecule has 0 atom stereocenters. The van der Waals surface area contributed by atoms with Gasteiger partial charge in [-0.05, 0) is 37.1 Å². The predicted molar refractivity (Wildman–Crippen MR) is 69.0 cm³/mol. The lowest BCUT2D eigenvalue weighted by Crippen LogP contribution is -1.96. The van der Waals surface area contributed by atoms with Crippen molar-refractivity contribution in [1.82, 2.24) is 4.98 Å². The fourth-order valence-electron chi connectivity index (χ4n) is 2.00. The number of aryl methyl sites for hydroxylation is 2. The molecule has 0 aliphatic heterocycles. The van der Waals surface area contributed by atoms with Crippen LogP contribution in [0.2, 0.25) is 0 Å². The summed E-state index contributed by atoms with van der Waals surface area (Å²) >= 11 is 0. The molecule has 90 valence electrons. The Hall–Kier alpha value is -1.77. The third-order valence-electron chi connectivity index (χ3n) is 2.87. The number of hydrogen-bond donors (Lipinski definition) is 0. The van der Waals surface area contributed by atoms with Crippen LogP contribution in [0.1, 0.15) is 18.1 Å². The second kappa shape index (κ2) is 4.62. The number of ether oxygens (including phenoxy) is 2. The number of aromatic nitrogens is 1. The fraction of sp³-hybridized carbons (Fsp3) is 0.357. The first-order chi connectivity index (χ1) is 8.19. The van der Waals surface area contributed by atoms with Crippen LogP contribution >= 0.6 is 0 Å². The number of fused-ring (bicyclic) bond motifs is 1. The van der Waals surface area contributed by atoms with Gasteiger partial charge in [0.1, 0.15) is 5.75 Å². The number of pyridine rings is 1. The SMILES string of the molecule is CCc1cc2c(OC)cc(C)cc2nc1OC. The van der Waals surface area contributed by atoms with Crippen LogP contribution in [0.3, 0.4) is 0 Å². The average Bonchev–Trinajstić information content (AvgIpc) is 2.35. The molecular formula is C14H17NO2. The van der Waals surface area contributed by atoms with Crippen LogP contribution in [-0.2, 0) is 6.42 Å². The highest BCUT2D eigenvalue weighted by molar-refractivity contribution is 5.87. The number of benzene rings is 1. The molecule has 1 aromatic heterocycles. The summed E-state index contributed by atoms with van der Waals surface area (Å²) in [7, 11) is 3.34. The van der Waals surface area contributed by atoms with Gasteiger partial charge in [-0.1, -0.05) is 6.92 Å². The van der Waals surface area contributed by atoms with Crippen molar-refractivity contribution >= 4 is 10.9 Å². The van der Waals surface area contributed by atoms with Crippen molar-refractivity contribution < 1.29 is 9.47 Å². The first kappa shape index (κ1) is 11.7. The standard InChI is InChI=1S/C14H17NO2/c1-5-10-8-11-12(15-14(10)17-4)6-9(2)7-13(11)16-3/h6-8H,5H2,1-4H3. The Balaban J connectivity index is 2.77. The molecule has 0 radical (unpaired) electrons. The lowest BCUT2D eigenvalue weighted by atomic mass is 10.1. The molecule has 0 amide bonds.